The maximum absolute atomic E-state index is 12.7. The van der Waals surface area contributed by atoms with Crippen molar-refractivity contribution in [2.24, 2.45) is 15.7 Å². The van der Waals surface area contributed by atoms with E-state index in [1.165, 1.54) is 25.4 Å². The van der Waals surface area contributed by atoms with Crippen LogP contribution >= 0.6 is 0 Å². The summed E-state index contributed by atoms with van der Waals surface area (Å²) in [6.45, 7) is 5.14. The van der Waals surface area contributed by atoms with Crippen molar-refractivity contribution in [3.8, 4) is 0 Å². The molecule has 0 fully saturated rings. The number of aliphatic imine (C=N–C) groups is 2. The lowest BCUT2D eigenvalue weighted by atomic mass is 10.1. The minimum absolute atomic E-state index is 0.108. The van der Waals surface area contributed by atoms with Crippen molar-refractivity contribution in [1.29, 1.82) is 5.41 Å². The van der Waals surface area contributed by atoms with E-state index in [4.69, 9.17) is 11.1 Å². The second-order valence-corrected chi connectivity index (χ2v) is 5.03. The summed E-state index contributed by atoms with van der Waals surface area (Å²) in [6.07, 6.45) is 1.82. The second kappa shape index (κ2) is 9.85. The molecular weight excluding hydrogens is 363 g/mol. The quantitative estimate of drug-likeness (QED) is 0.424. The molecule has 1 rings (SSSR count). The molecule has 1 atom stereocenters. The number of aromatic nitrogens is 1. The van der Waals surface area contributed by atoms with Crippen LogP contribution in [0.5, 0.6) is 0 Å². The number of alkyl halides is 3. The number of amides is 1. The molecular formula is C16H18F3N7O. The van der Waals surface area contributed by atoms with Crippen molar-refractivity contribution < 1.29 is 18.0 Å². The van der Waals surface area contributed by atoms with Gasteiger partial charge in [0.1, 0.15) is 18.0 Å². The number of nitrogens with zero attached hydrogens (tertiary/aromatic N) is 3. The number of hydrogen-bond acceptors (Lipinski definition) is 5. The van der Waals surface area contributed by atoms with Gasteiger partial charge < -0.3 is 16.4 Å². The lowest BCUT2D eigenvalue weighted by molar-refractivity contribution is -0.137. The van der Waals surface area contributed by atoms with Crippen LogP contribution in [-0.4, -0.2) is 35.3 Å². The fourth-order valence-electron chi connectivity index (χ4n) is 1.75. The van der Waals surface area contributed by atoms with Gasteiger partial charge in [0, 0.05) is 18.6 Å². The van der Waals surface area contributed by atoms with E-state index in [9.17, 15) is 18.0 Å². The van der Waals surface area contributed by atoms with Crippen molar-refractivity contribution >= 4 is 24.3 Å². The number of carbonyl (C=O) groups is 1. The van der Waals surface area contributed by atoms with Gasteiger partial charge in [-0.15, -0.1) is 0 Å². The molecule has 0 aromatic carbocycles. The van der Waals surface area contributed by atoms with Crippen LogP contribution in [0.25, 0.3) is 0 Å². The van der Waals surface area contributed by atoms with Crippen molar-refractivity contribution in [2.45, 2.75) is 19.1 Å². The molecule has 0 aliphatic heterocycles. The molecule has 11 heteroatoms. The molecule has 0 aliphatic rings. The zero-order chi connectivity index (χ0) is 20.4. The molecule has 27 heavy (non-hydrogen) atoms. The number of amidine groups is 1. The number of allylic oxidation sites excluding steroid dienone is 1. The summed E-state index contributed by atoms with van der Waals surface area (Å²) >= 11 is 0. The summed E-state index contributed by atoms with van der Waals surface area (Å²) in [5.74, 6) is -0.534. The molecule has 1 unspecified atom stereocenters. The van der Waals surface area contributed by atoms with Crippen LogP contribution in [0.2, 0.25) is 0 Å². The van der Waals surface area contributed by atoms with E-state index >= 15 is 0 Å². The zero-order valence-electron chi connectivity index (χ0n) is 14.3. The molecule has 0 aliphatic carbocycles. The van der Waals surface area contributed by atoms with Gasteiger partial charge >= 0.3 is 6.18 Å². The van der Waals surface area contributed by atoms with Crippen LogP contribution in [0.1, 0.15) is 22.8 Å². The Labute approximate surface area is 153 Å². The summed E-state index contributed by atoms with van der Waals surface area (Å²) in [5, 5.41) is 12.2. The van der Waals surface area contributed by atoms with E-state index in [2.05, 4.69) is 32.2 Å². The van der Waals surface area contributed by atoms with Crippen molar-refractivity contribution in [2.75, 3.05) is 0 Å². The van der Waals surface area contributed by atoms with E-state index in [1.54, 1.807) is 0 Å². The summed E-state index contributed by atoms with van der Waals surface area (Å²) in [6, 6.07) is -0.0937. The van der Waals surface area contributed by atoms with Crippen LogP contribution in [0, 0.1) is 5.41 Å². The van der Waals surface area contributed by atoms with E-state index in [0.717, 1.165) is 12.5 Å². The second-order valence-electron chi connectivity index (χ2n) is 5.03. The SMILES string of the molecule is C=C(/N=C\C=C/N)N/C(=N\C=N)C(C)NC(=O)c1cncc(C(F)(F)F)c1. The number of carbonyl (C=O) groups excluding carboxylic acids is 1. The monoisotopic (exact) mass is 381 g/mol. The predicted octanol–water partition coefficient (Wildman–Crippen LogP) is 1.83. The van der Waals surface area contributed by atoms with Gasteiger partial charge in [0.15, 0.2) is 0 Å². The van der Waals surface area contributed by atoms with Crippen LogP contribution in [0.3, 0.4) is 0 Å². The average molecular weight is 381 g/mol. The molecule has 0 bridgehead atoms. The summed E-state index contributed by atoms with van der Waals surface area (Å²) in [7, 11) is 0. The number of nitrogens with two attached hydrogens (primary N) is 1. The highest BCUT2D eigenvalue weighted by Gasteiger charge is 2.31. The number of hydrogen-bond donors (Lipinski definition) is 4. The maximum atomic E-state index is 12.7. The molecule has 5 N–H and O–H groups in total. The normalized spacial score (nSPS) is 13.6. The Hall–Kier alpha value is -3.50. The van der Waals surface area contributed by atoms with E-state index in [1.807, 2.05) is 0 Å². The third-order valence-electron chi connectivity index (χ3n) is 2.99. The van der Waals surface area contributed by atoms with Crippen LogP contribution in [0.4, 0.5) is 13.2 Å². The highest BCUT2D eigenvalue weighted by atomic mass is 19.4. The smallest absolute Gasteiger partial charge is 0.405 e. The van der Waals surface area contributed by atoms with Gasteiger partial charge in [0.25, 0.3) is 5.91 Å². The van der Waals surface area contributed by atoms with Crippen LogP contribution < -0.4 is 16.4 Å². The van der Waals surface area contributed by atoms with Gasteiger partial charge in [-0.05, 0) is 25.3 Å². The molecule has 0 saturated heterocycles. The maximum Gasteiger partial charge on any atom is 0.417 e. The van der Waals surface area contributed by atoms with Crippen molar-refractivity contribution in [1.82, 2.24) is 15.6 Å². The number of pyridine rings is 1. The van der Waals surface area contributed by atoms with E-state index in [0.29, 0.717) is 12.3 Å². The Morgan fingerprint density at radius 1 is 1.44 bits per heavy atom. The Kier molecular flexibility index (Phi) is 7.86. The van der Waals surface area contributed by atoms with Crippen LogP contribution in [-0.2, 0) is 6.18 Å². The van der Waals surface area contributed by atoms with E-state index in [-0.39, 0.29) is 17.2 Å². The third kappa shape index (κ3) is 7.10. The first-order valence-electron chi connectivity index (χ1n) is 7.45. The van der Waals surface area contributed by atoms with Gasteiger partial charge in [0.2, 0.25) is 0 Å². The van der Waals surface area contributed by atoms with Gasteiger partial charge in [-0.2, -0.15) is 13.2 Å². The highest BCUT2D eigenvalue weighted by Crippen LogP contribution is 2.28. The van der Waals surface area contributed by atoms with Gasteiger partial charge in [-0.3, -0.25) is 15.2 Å². The molecule has 0 spiro atoms. The Morgan fingerprint density at radius 3 is 2.74 bits per heavy atom. The summed E-state index contributed by atoms with van der Waals surface area (Å²) in [4.78, 5) is 23.3. The molecule has 0 radical (unpaired) electrons. The van der Waals surface area contributed by atoms with Crippen molar-refractivity contribution in [3.05, 3.63) is 54.3 Å². The van der Waals surface area contributed by atoms with Crippen molar-refractivity contribution in [3.63, 3.8) is 0 Å². The molecule has 1 heterocycles. The minimum Gasteiger partial charge on any atom is -0.405 e. The zero-order valence-corrected chi connectivity index (χ0v) is 14.3. The highest BCUT2D eigenvalue weighted by molar-refractivity contribution is 6.00. The largest absolute Gasteiger partial charge is 0.417 e. The predicted molar refractivity (Wildman–Crippen MR) is 96.5 cm³/mol. The first kappa shape index (κ1) is 21.5. The lowest BCUT2D eigenvalue weighted by Crippen LogP contribution is -2.44. The average Bonchev–Trinajstić information content (AvgIpc) is 2.61. The Bertz CT molecular complexity index is 784. The topological polar surface area (TPSA) is 129 Å². The minimum atomic E-state index is -4.61. The Balaban J connectivity index is 2.88. The standard InChI is InChI=1S/C16H18F3N7O/c1-10(14(24-9-21)26-11(2)23-5-3-4-20)25-15(27)12-6-13(8-22-7-12)16(17,18)19/h3-10H,2,20H2,1H3,(H,25,27)(H2,21,24,26)/b4-3-,23-5-. The molecule has 0 saturated carbocycles. The number of halogens is 3. The summed E-state index contributed by atoms with van der Waals surface area (Å²) in [5.41, 5.74) is 3.86. The molecule has 8 nitrogen and oxygen atoms in total. The molecule has 144 valence electrons. The molecule has 1 aromatic rings. The molecule has 1 amide bonds. The van der Waals surface area contributed by atoms with Crippen LogP contribution in [0.15, 0.2) is 53.1 Å². The number of rotatable bonds is 7. The first-order chi connectivity index (χ1) is 12.7. The van der Waals surface area contributed by atoms with Gasteiger partial charge in [0.05, 0.1) is 17.2 Å². The number of nitrogens with one attached hydrogen (secondary N) is 3. The van der Waals surface area contributed by atoms with Gasteiger partial charge in [-0.1, -0.05) is 6.58 Å². The van der Waals surface area contributed by atoms with E-state index < -0.39 is 23.7 Å². The molecule has 1 aromatic heterocycles. The first-order valence-corrected chi connectivity index (χ1v) is 7.45. The fourth-order valence-corrected chi connectivity index (χ4v) is 1.75. The summed E-state index contributed by atoms with van der Waals surface area (Å²) < 4.78 is 38.2. The Morgan fingerprint density at radius 2 is 2.15 bits per heavy atom. The third-order valence-corrected chi connectivity index (χ3v) is 2.99. The fraction of sp³-hybridized carbons (Fsp3) is 0.188. The van der Waals surface area contributed by atoms with Gasteiger partial charge in [-0.25, -0.2) is 9.98 Å². The lowest BCUT2D eigenvalue weighted by Gasteiger charge is -2.17.